The highest BCUT2D eigenvalue weighted by molar-refractivity contribution is 9.11. The second-order valence-corrected chi connectivity index (χ2v) is 6.89. The van der Waals surface area contributed by atoms with Gasteiger partial charge in [-0.25, -0.2) is 0 Å². The quantitative estimate of drug-likeness (QED) is 0.753. The van der Waals surface area contributed by atoms with E-state index in [1.165, 1.54) is 5.56 Å². The van der Waals surface area contributed by atoms with E-state index in [1.54, 1.807) is 17.4 Å². The molecule has 2 aromatic rings. The smallest absolute Gasteiger partial charge is 0.0701 e. The lowest BCUT2D eigenvalue weighted by atomic mass is 10.0. The van der Waals surface area contributed by atoms with Crippen LogP contribution in [0.4, 0.5) is 0 Å². The second-order valence-electron chi connectivity index (χ2n) is 3.82. The minimum Gasteiger partial charge on any atom is -0.306 e. The number of halogens is 3. The average molecular weight is 365 g/mol. The molecule has 5 heteroatoms. The molecular formula is C13H12BrCl2NS. The Labute approximate surface area is 129 Å². The summed E-state index contributed by atoms with van der Waals surface area (Å²) in [4.78, 5) is 0. The van der Waals surface area contributed by atoms with Gasteiger partial charge in [0, 0.05) is 0 Å². The fourth-order valence-corrected chi connectivity index (χ4v) is 3.45. The van der Waals surface area contributed by atoms with E-state index >= 15 is 0 Å². The highest BCUT2D eigenvalue weighted by Crippen LogP contribution is 2.35. The van der Waals surface area contributed by atoms with Gasteiger partial charge in [-0.05, 0) is 51.1 Å². The van der Waals surface area contributed by atoms with Crippen molar-refractivity contribution in [2.45, 2.75) is 13.0 Å². The molecule has 1 nitrogen and oxygen atoms in total. The van der Waals surface area contributed by atoms with Crippen molar-refractivity contribution in [3.63, 3.8) is 0 Å². The third kappa shape index (κ3) is 3.09. The van der Waals surface area contributed by atoms with Crippen molar-refractivity contribution in [3.8, 4) is 0 Å². The Morgan fingerprint density at radius 1 is 1.39 bits per heavy atom. The molecule has 0 aliphatic heterocycles. The van der Waals surface area contributed by atoms with Crippen LogP contribution in [-0.2, 0) is 0 Å². The summed E-state index contributed by atoms with van der Waals surface area (Å²) in [7, 11) is 0. The number of hydrogen-bond donors (Lipinski definition) is 1. The van der Waals surface area contributed by atoms with Crippen molar-refractivity contribution in [1.82, 2.24) is 5.32 Å². The van der Waals surface area contributed by atoms with Crippen molar-refractivity contribution in [2.75, 3.05) is 6.54 Å². The van der Waals surface area contributed by atoms with Crippen molar-refractivity contribution >= 4 is 50.5 Å². The average Bonchev–Trinajstić information content (AvgIpc) is 2.77. The zero-order valence-electron chi connectivity index (χ0n) is 9.71. The number of hydrogen-bond acceptors (Lipinski definition) is 2. The molecule has 0 saturated carbocycles. The van der Waals surface area contributed by atoms with E-state index in [1.807, 2.05) is 12.1 Å². The number of benzene rings is 1. The van der Waals surface area contributed by atoms with E-state index in [2.05, 4.69) is 39.6 Å². The molecule has 0 spiro atoms. The first kappa shape index (κ1) is 14.4. The Morgan fingerprint density at radius 2 is 2.17 bits per heavy atom. The molecule has 0 aliphatic rings. The Kier molecular flexibility index (Phi) is 5.10. The lowest BCUT2D eigenvalue weighted by Crippen LogP contribution is -2.21. The molecule has 0 radical (unpaired) electrons. The van der Waals surface area contributed by atoms with Crippen LogP contribution in [0.2, 0.25) is 10.0 Å². The topological polar surface area (TPSA) is 12.0 Å². The van der Waals surface area contributed by atoms with Crippen molar-refractivity contribution < 1.29 is 0 Å². The molecule has 0 fully saturated rings. The van der Waals surface area contributed by atoms with Crippen LogP contribution in [0.5, 0.6) is 0 Å². The third-order valence-corrected chi connectivity index (χ3v) is 4.98. The number of rotatable bonds is 4. The predicted molar refractivity (Wildman–Crippen MR) is 84.0 cm³/mol. The fourth-order valence-electron chi connectivity index (χ4n) is 1.83. The zero-order chi connectivity index (χ0) is 13.1. The number of nitrogens with one attached hydrogen (secondary N) is 1. The highest BCUT2D eigenvalue weighted by atomic mass is 79.9. The second kappa shape index (κ2) is 6.40. The monoisotopic (exact) mass is 363 g/mol. The molecule has 0 bridgehead atoms. The standard InChI is InChI=1S/C13H12BrCl2NS/c1-2-17-13(8-6-11(14)18-7-8)9-4-3-5-10(15)12(9)16/h3-7,13,17H,2H2,1H3. The van der Waals surface area contributed by atoms with Crippen molar-refractivity contribution in [2.24, 2.45) is 0 Å². The first-order valence-electron chi connectivity index (χ1n) is 5.54. The van der Waals surface area contributed by atoms with Gasteiger partial charge in [-0.3, -0.25) is 0 Å². The van der Waals surface area contributed by atoms with Gasteiger partial charge in [-0.2, -0.15) is 0 Å². The van der Waals surface area contributed by atoms with E-state index < -0.39 is 0 Å². The largest absolute Gasteiger partial charge is 0.306 e. The summed E-state index contributed by atoms with van der Waals surface area (Å²) in [5.74, 6) is 0. The van der Waals surface area contributed by atoms with Crippen molar-refractivity contribution in [3.05, 3.63) is 54.6 Å². The maximum Gasteiger partial charge on any atom is 0.0701 e. The lowest BCUT2D eigenvalue weighted by molar-refractivity contribution is 0.632. The van der Waals surface area contributed by atoms with E-state index in [-0.39, 0.29) is 6.04 Å². The van der Waals surface area contributed by atoms with Crippen molar-refractivity contribution in [1.29, 1.82) is 0 Å². The molecule has 18 heavy (non-hydrogen) atoms. The normalized spacial score (nSPS) is 12.7. The van der Waals surface area contributed by atoms with Gasteiger partial charge < -0.3 is 5.32 Å². The molecule has 1 N–H and O–H groups in total. The van der Waals surface area contributed by atoms with Gasteiger partial charge in [0.1, 0.15) is 0 Å². The summed E-state index contributed by atoms with van der Waals surface area (Å²) in [6.07, 6.45) is 0. The molecule has 1 aromatic carbocycles. The summed E-state index contributed by atoms with van der Waals surface area (Å²) in [6.45, 7) is 2.94. The van der Waals surface area contributed by atoms with Crippen LogP contribution in [0.15, 0.2) is 33.4 Å². The lowest BCUT2D eigenvalue weighted by Gasteiger charge is -2.19. The van der Waals surface area contributed by atoms with E-state index in [4.69, 9.17) is 23.2 Å². The van der Waals surface area contributed by atoms with Crippen LogP contribution in [0.1, 0.15) is 24.1 Å². The summed E-state index contributed by atoms with van der Waals surface area (Å²) in [5, 5.41) is 6.77. The Bertz CT molecular complexity index is 542. The van der Waals surface area contributed by atoms with Gasteiger partial charge in [0.05, 0.1) is 19.9 Å². The van der Waals surface area contributed by atoms with Gasteiger partial charge in [-0.1, -0.05) is 42.3 Å². The fraction of sp³-hybridized carbons (Fsp3) is 0.231. The highest BCUT2D eigenvalue weighted by Gasteiger charge is 2.18. The maximum atomic E-state index is 6.30. The molecule has 1 aromatic heterocycles. The maximum absolute atomic E-state index is 6.30. The zero-order valence-corrected chi connectivity index (χ0v) is 13.6. The van der Waals surface area contributed by atoms with E-state index in [0.717, 1.165) is 15.9 Å². The minimum atomic E-state index is 0.0729. The van der Waals surface area contributed by atoms with E-state index in [9.17, 15) is 0 Å². The Balaban J connectivity index is 2.44. The van der Waals surface area contributed by atoms with Gasteiger partial charge in [-0.15, -0.1) is 11.3 Å². The molecule has 1 heterocycles. The van der Waals surface area contributed by atoms with Crippen LogP contribution in [0.25, 0.3) is 0 Å². The van der Waals surface area contributed by atoms with Crippen LogP contribution < -0.4 is 5.32 Å². The molecule has 96 valence electrons. The SMILES string of the molecule is CCNC(c1csc(Br)c1)c1cccc(Cl)c1Cl. The Hall–Kier alpha value is -0.0600. The minimum absolute atomic E-state index is 0.0729. The van der Waals surface area contributed by atoms with Crippen LogP contribution in [0, 0.1) is 0 Å². The molecule has 2 rings (SSSR count). The first-order valence-corrected chi connectivity index (χ1v) is 7.97. The molecule has 0 amide bonds. The third-order valence-electron chi connectivity index (χ3n) is 2.62. The summed E-state index contributed by atoms with van der Waals surface area (Å²) in [6, 6.07) is 7.92. The molecule has 1 unspecified atom stereocenters. The molecular weight excluding hydrogens is 353 g/mol. The molecule has 0 aliphatic carbocycles. The molecule has 1 atom stereocenters. The molecule has 0 saturated heterocycles. The van der Waals surface area contributed by atoms with Crippen LogP contribution in [-0.4, -0.2) is 6.54 Å². The number of thiophene rings is 1. The Morgan fingerprint density at radius 3 is 2.78 bits per heavy atom. The van der Waals surface area contributed by atoms with Gasteiger partial charge in [0.15, 0.2) is 0 Å². The van der Waals surface area contributed by atoms with Crippen LogP contribution >= 0.6 is 50.5 Å². The van der Waals surface area contributed by atoms with Gasteiger partial charge in [0.25, 0.3) is 0 Å². The summed E-state index contributed by atoms with van der Waals surface area (Å²) < 4.78 is 1.11. The van der Waals surface area contributed by atoms with E-state index in [0.29, 0.717) is 10.0 Å². The summed E-state index contributed by atoms with van der Waals surface area (Å²) >= 11 is 17.5. The van der Waals surface area contributed by atoms with Crippen LogP contribution in [0.3, 0.4) is 0 Å². The first-order chi connectivity index (χ1) is 8.63. The summed E-state index contributed by atoms with van der Waals surface area (Å²) in [5.41, 5.74) is 2.20. The van der Waals surface area contributed by atoms with Gasteiger partial charge >= 0.3 is 0 Å². The van der Waals surface area contributed by atoms with Gasteiger partial charge in [0.2, 0.25) is 0 Å². The predicted octanol–water partition coefficient (Wildman–Crippen LogP) is 5.52.